The van der Waals surface area contributed by atoms with E-state index in [1.54, 1.807) is 17.3 Å². The Morgan fingerprint density at radius 2 is 1.97 bits per heavy atom. The van der Waals surface area contributed by atoms with Crippen molar-refractivity contribution in [3.05, 3.63) is 60.4 Å². The van der Waals surface area contributed by atoms with Gasteiger partial charge in [0.25, 0.3) is 0 Å². The van der Waals surface area contributed by atoms with Crippen molar-refractivity contribution in [1.82, 2.24) is 15.0 Å². The Bertz CT molecular complexity index is 952. The quantitative estimate of drug-likeness (QED) is 0.298. The molecule has 0 aliphatic rings. The van der Waals surface area contributed by atoms with Gasteiger partial charge in [0.05, 0.1) is 5.69 Å². The third-order valence-corrected chi connectivity index (χ3v) is 4.56. The number of nitrogens with two attached hydrogens (primary N) is 1. The van der Waals surface area contributed by atoms with Gasteiger partial charge in [-0.25, -0.2) is 15.0 Å². The minimum atomic E-state index is -0.847. The maximum atomic E-state index is 10.8. The van der Waals surface area contributed by atoms with Crippen molar-refractivity contribution in [1.29, 1.82) is 0 Å². The fourth-order valence-corrected chi connectivity index (χ4v) is 3.08. The van der Waals surface area contributed by atoms with E-state index in [1.807, 2.05) is 49.4 Å². The number of hydrogen-bond acceptors (Lipinski definition) is 8. The maximum absolute atomic E-state index is 10.8. The highest BCUT2D eigenvalue weighted by atomic mass is 16.3. The van der Waals surface area contributed by atoms with Gasteiger partial charge in [-0.05, 0) is 55.8 Å². The molecule has 1 unspecified atom stereocenters. The number of aromatic nitrogens is 3. The number of rotatable bonds is 10. The van der Waals surface area contributed by atoms with Gasteiger partial charge in [-0.3, -0.25) is 4.90 Å². The topological polar surface area (TPSA) is 120 Å². The molecule has 0 spiro atoms. The zero-order valence-electron chi connectivity index (χ0n) is 17.1. The number of aliphatic hydroxyl groups is 2. The number of aryl methyl sites for hydroxylation is 1. The van der Waals surface area contributed by atoms with Crippen molar-refractivity contribution in [3.8, 4) is 11.3 Å². The Morgan fingerprint density at radius 3 is 2.73 bits per heavy atom. The molecule has 0 fully saturated rings. The van der Waals surface area contributed by atoms with Gasteiger partial charge in [0.2, 0.25) is 5.95 Å². The highest BCUT2D eigenvalue weighted by molar-refractivity contribution is 5.66. The van der Waals surface area contributed by atoms with Crippen LogP contribution in [0.15, 0.2) is 54.9 Å². The Hall–Kier alpha value is -3.07. The number of anilines is 3. The van der Waals surface area contributed by atoms with E-state index in [0.717, 1.165) is 16.8 Å². The molecule has 2 heterocycles. The molecule has 0 aliphatic heterocycles. The van der Waals surface area contributed by atoms with E-state index < -0.39 is 6.23 Å². The second-order valence-electron chi connectivity index (χ2n) is 6.94. The Morgan fingerprint density at radius 1 is 1.13 bits per heavy atom. The van der Waals surface area contributed by atoms with E-state index >= 15 is 0 Å². The second kappa shape index (κ2) is 10.6. The minimum absolute atomic E-state index is 0.127. The molecular formula is C22H28N6O2. The second-order valence-corrected chi connectivity index (χ2v) is 6.94. The molecule has 0 radical (unpaired) electrons. The van der Waals surface area contributed by atoms with Crippen LogP contribution < -0.4 is 16.0 Å². The molecule has 0 amide bonds. The summed E-state index contributed by atoms with van der Waals surface area (Å²) in [5, 5.41) is 22.9. The lowest BCUT2D eigenvalue weighted by molar-refractivity contribution is 0.172. The summed E-state index contributed by atoms with van der Waals surface area (Å²) in [4.78, 5) is 15.1. The third kappa shape index (κ3) is 5.50. The molecule has 8 heteroatoms. The van der Waals surface area contributed by atoms with Gasteiger partial charge in [0.1, 0.15) is 12.0 Å². The van der Waals surface area contributed by atoms with Crippen LogP contribution in [0.3, 0.4) is 0 Å². The lowest BCUT2D eigenvalue weighted by Crippen LogP contribution is -2.34. The zero-order chi connectivity index (χ0) is 21.3. The molecule has 0 saturated heterocycles. The molecule has 2 aromatic heterocycles. The van der Waals surface area contributed by atoms with Crippen molar-refractivity contribution in [2.24, 2.45) is 5.73 Å². The summed E-state index contributed by atoms with van der Waals surface area (Å²) in [7, 11) is 0. The van der Waals surface area contributed by atoms with Crippen molar-refractivity contribution in [2.75, 3.05) is 29.9 Å². The van der Waals surface area contributed by atoms with Crippen LogP contribution in [-0.4, -0.2) is 51.1 Å². The average Bonchev–Trinajstić information content (AvgIpc) is 2.75. The monoisotopic (exact) mass is 408 g/mol. The van der Waals surface area contributed by atoms with Crippen LogP contribution in [0.5, 0.6) is 0 Å². The first kappa shape index (κ1) is 21.6. The highest BCUT2D eigenvalue weighted by Gasteiger charge is 2.21. The molecule has 0 saturated carbocycles. The molecule has 0 aliphatic carbocycles. The fourth-order valence-electron chi connectivity index (χ4n) is 3.08. The van der Waals surface area contributed by atoms with Crippen LogP contribution in [0.4, 0.5) is 17.5 Å². The predicted molar refractivity (Wildman–Crippen MR) is 118 cm³/mol. The van der Waals surface area contributed by atoms with Gasteiger partial charge >= 0.3 is 0 Å². The Kier molecular flexibility index (Phi) is 7.67. The number of nitrogens with one attached hydrogen (secondary N) is 1. The molecule has 1 aromatic carbocycles. The van der Waals surface area contributed by atoms with E-state index in [-0.39, 0.29) is 6.61 Å². The molecule has 3 aromatic rings. The van der Waals surface area contributed by atoms with Crippen molar-refractivity contribution >= 4 is 17.5 Å². The van der Waals surface area contributed by atoms with Gasteiger partial charge in [-0.15, -0.1) is 0 Å². The van der Waals surface area contributed by atoms with E-state index in [1.165, 1.54) is 0 Å². The lowest BCUT2D eigenvalue weighted by Gasteiger charge is -2.28. The number of nitrogens with zero attached hydrogens (tertiary/aromatic N) is 4. The fraction of sp³-hybridized carbons (Fsp3) is 0.318. The van der Waals surface area contributed by atoms with Crippen LogP contribution in [0.1, 0.15) is 18.4 Å². The minimum Gasteiger partial charge on any atom is -0.396 e. The van der Waals surface area contributed by atoms with Gasteiger partial charge in [-0.1, -0.05) is 12.1 Å². The molecule has 3 rings (SSSR count). The molecule has 8 nitrogen and oxygen atoms in total. The SMILES string of the molecule is Cc1cccc(N(c2nccc(-c3ccnc(NCCCO)c3)n2)C(O)CCN)c1. The lowest BCUT2D eigenvalue weighted by atomic mass is 10.2. The summed E-state index contributed by atoms with van der Waals surface area (Å²) >= 11 is 0. The van der Waals surface area contributed by atoms with Gasteiger partial charge < -0.3 is 21.3 Å². The number of hydrogen-bond donors (Lipinski definition) is 4. The number of aliphatic hydroxyl groups excluding tert-OH is 2. The summed E-state index contributed by atoms with van der Waals surface area (Å²) in [6.07, 6.45) is 3.57. The standard InChI is InChI=1S/C22H28N6O2/c1-16-4-2-5-18(14-16)28(21(30)6-9-23)22-26-12-8-19(27-22)17-7-11-25-20(15-17)24-10-3-13-29/h2,4-5,7-8,11-12,14-15,21,29-30H,3,6,9-10,13,23H2,1H3,(H,24,25). The van der Waals surface area contributed by atoms with Crippen LogP contribution >= 0.6 is 0 Å². The molecule has 1 atom stereocenters. The summed E-state index contributed by atoms with van der Waals surface area (Å²) in [5.74, 6) is 1.10. The van der Waals surface area contributed by atoms with Crippen LogP contribution in [0.2, 0.25) is 0 Å². The average molecular weight is 409 g/mol. The predicted octanol–water partition coefficient (Wildman–Crippen LogP) is 2.45. The zero-order valence-corrected chi connectivity index (χ0v) is 17.1. The summed E-state index contributed by atoms with van der Waals surface area (Å²) in [5.41, 5.74) is 9.14. The Balaban J connectivity index is 1.94. The number of pyridine rings is 1. The highest BCUT2D eigenvalue weighted by Crippen LogP contribution is 2.28. The first-order valence-electron chi connectivity index (χ1n) is 10.0. The summed E-state index contributed by atoms with van der Waals surface area (Å²) in [6, 6.07) is 13.4. The maximum Gasteiger partial charge on any atom is 0.232 e. The van der Waals surface area contributed by atoms with Crippen LogP contribution in [0.25, 0.3) is 11.3 Å². The van der Waals surface area contributed by atoms with E-state index in [9.17, 15) is 5.11 Å². The van der Waals surface area contributed by atoms with Gasteiger partial charge in [0, 0.05) is 43.2 Å². The summed E-state index contributed by atoms with van der Waals surface area (Å²) in [6.45, 7) is 3.10. The number of benzene rings is 1. The molecule has 0 bridgehead atoms. The molecule has 5 N–H and O–H groups in total. The van der Waals surface area contributed by atoms with Crippen molar-refractivity contribution in [3.63, 3.8) is 0 Å². The normalized spacial score (nSPS) is 11.9. The largest absolute Gasteiger partial charge is 0.396 e. The van der Waals surface area contributed by atoms with Crippen LogP contribution in [-0.2, 0) is 0 Å². The Labute approximate surface area is 176 Å². The van der Waals surface area contributed by atoms with Crippen molar-refractivity contribution in [2.45, 2.75) is 26.0 Å². The molecule has 158 valence electrons. The first-order valence-corrected chi connectivity index (χ1v) is 10.0. The molecular weight excluding hydrogens is 380 g/mol. The molecule has 30 heavy (non-hydrogen) atoms. The van der Waals surface area contributed by atoms with E-state index in [2.05, 4.69) is 15.3 Å². The van der Waals surface area contributed by atoms with E-state index in [0.29, 0.717) is 43.4 Å². The summed E-state index contributed by atoms with van der Waals surface area (Å²) < 4.78 is 0. The van der Waals surface area contributed by atoms with Gasteiger partial charge in [-0.2, -0.15) is 0 Å². The first-order chi connectivity index (χ1) is 14.6. The van der Waals surface area contributed by atoms with Gasteiger partial charge in [0.15, 0.2) is 0 Å². The third-order valence-electron chi connectivity index (χ3n) is 4.56. The van der Waals surface area contributed by atoms with Crippen molar-refractivity contribution < 1.29 is 10.2 Å². The smallest absolute Gasteiger partial charge is 0.232 e. The van der Waals surface area contributed by atoms with Crippen LogP contribution in [0, 0.1) is 6.92 Å². The van der Waals surface area contributed by atoms with E-state index in [4.69, 9.17) is 15.8 Å².